The average molecular weight is 371 g/mol. The zero-order valence-electron chi connectivity index (χ0n) is 15.8. The van der Waals surface area contributed by atoms with E-state index >= 15 is 0 Å². The maximum atomic E-state index is 12.5. The monoisotopic (exact) mass is 371 g/mol. The summed E-state index contributed by atoms with van der Waals surface area (Å²) >= 11 is 0. The molecule has 0 spiro atoms. The molecule has 1 aromatic carbocycles. The van der Waals surface area contributed by atoms with Crippen LogP contribution in [0.1, 0.15) is 56.9 Å². The highest BCUT2D eigenvalue weighted by molar-refractivity contribution is 6.04. The fourth-order valence-corrected chi connectivity index (χ4v) is 3.87. The number of carbonyl (C=O) groups excluding carboxylic acids is 3. The third-order valence-electron chi connectivity index (χ3n) is 5.45. The van der Waals surface area contributed by atoms with Crippen molar-refractivity contribution in [2.24, 2.45) is 0 Å². The van der Waals surface area contributed by atoms with Crippen LogP contribution in [0.25, 0.3) is 0 Å². The molecule has 0 aromatic heterocycles. The highest BCUT2D eigenvalue weighted by atomic mass is 16.2. The molecule has 2 N–H and O–H groups in total. The van der Waals surface area contributed by atoms with Crippen LogP contribution in [-0.4, -0.2) is 41.4 Å². The van der Waals surface area contributed by atoms with Gasteiger partial charge >= 0.3 is 6.03 Å². The lowest BCUT2D eigenvalue weighted by atomic mass is 10.1. The molecular formula is C21H29N3O3. The average Bonchev–Trinajstić information content (AvgIpc) is 2.83. The Kier molecular flexibility index (Phi) is 6.85. The summed E-state index contributed by atoms with van der Waals surface area (Å²) in [5.74, 6) is -0.245. The molecule has 3 rings (SSSR count). The molecule has 6 heteroatoms. The Bertz CT molecular complexity index is 654. The third-order valence-corrected chi connectivity index (χ3v) is 5.45. The fraction of sp³-hybridized carbons (Fsp3) is 0.571. The minimum absolute atomic E-state index is 0.0216. The molecule has 0 bridgehead atoms. The third kappa shape index (κ3) is 5.55. The van der Waals surface area contributed by atoms with E-state index in [1.807, 2.05) is 30.3 Å². The van der Waals surface area contributed by atoms with Crippen LogP contribution in [0.5, 0.6) is 0 Å². The number of benzene rings is 1. The summed E-state index contributed by atoms with van der Waals surface area (Å²) in [6.45, 7) is 0.361. The SMILES string of the molecule is O=C(CC[C@@H]1NC(=O)N(CCc2ccccc2)C1=O)NC1CCCCCC1. The molecular weight excluding hydrogens is 342 g/mol. The Hall–Kier alpha value is -2.37. The number of rotatable bonds is 7. The van der Waals surface area contributed by atoms with Gasteiger partial charge in [0.1, 0.15) is 6.04 Å². The number of hydrogen-bond donors (Lipinski definition) is 2. The molecule has 1 saturated heterocycles. The summed E-state index contributed by atoms with van der Waals surface area (Å²) in [6, 6.07) is 9.09. The van der Waals surface area contributed by atoms with Gasteiger partial charge in [0.25, 0.3) is 5.91 Å². The second kappa shape index (κ2) is 9.53. The molecule has 146 valence electrons. The van der Waals surface area contributed by atoms with Crippen LogP contribution in [0.4, 0.5) is 4.79 Å². The van der Waals surface area contributed by atoms with Crippen molar-refractivity contribution >= 4 is 17.8 Å². The van der Waals surface area contributed by atoms with Gasteiger partial charge in [-0.15, -0.1) is 0 Å². The van der Waals surface area contributed by atoms with Crippen LogP contribution in [-0.2, 0) is 16.0 Å². The van der Waals surface area contributed by atoms with E-state index in [1.165, 1.54) is 30.6 Å². The van der Waals surface area contributed by atoms with E-state index in [0.717, 1.165) is 18.4 Å². The van der Waals surface area contributed by atoms with Crippen LogP contribution in [0.2, 0.25) is 0 Å². The van der Waals surface area contributed by atoms with Gasteiger partial charge in [-0.05, 0) is 31.2 Å². The largest absolute Gasteiger partial charge is 0.353 e. The first-order valence-electron chi connectivity index (χ1n) is 10.1. The molecule has 27 heavy (non-hydrogen) atoms. The van der Waals surface area contributed by atoms with Crippen molar-refractivity contribution in [2.45, 2.75) is 69.9 Å². The highest BCUT2D eigenvalue weighted by Gasteiger charge is 2.37. The first kappa shape index (κ1) is 19.4. The van der Waals surface area contributed by atoms with Gasteiger partial charge in [0, 0.05) is 19.0 Å². The Labute approximate surface area is 160 Å². The minimum Gasteiger partial charge on any atom is -0.353 e. The lowest BCUT2D eigenvalue weighted by Gasteiger charge is -2.17. The summed E-state index contributed by atoms with van der Waals surface area (Å²) in [7, 11) is 0. The number of imide groups is 1. The van der Waals surface area contributed by atoms with E-state index in [9.17, 15) is 14.4 Å². The van der Waals surface area contributed by atoms with E-state index in [-0.39, 0.29) is 30.3 Å². The number of nitrogens with zero attached hydrogens (tertiary/aromatic N) is 1. The van der Waals surface area contributed by atoms with Crippen LogP contribution in [0.3, 0.4) is 0 Å². The first-order valence-corrected chi connectivity index (χ1v) is 10.1. The van der Waals surface area contributed by atoms with Crippen molar-refractivity contribution < 1.29 is 14.4 Å². The molecule has 6 nitrogen and oxygen atoms in total. The standard InChI is InChI=1S/C21H29N3O3/c25-19(22-17-10-6-1-2-7-11-17)13-12-18-20(26)24(21(27)23-18)15-14-16-8-4-3-5-9-16/h3-5,8-9,17-18H,1-2,6-7,10-15H2,(H,22,25)(H,23,27)/t18-/m0/s1. The van der Waals surface area contributed by atoms with Crippen molar-refractivity contribution in [1.82, 2.24) is 15.5 Å². The molecule has 2 aliphatic rings. The molecule has 0 unspecified atom stereocenters. The second-order valence-corrected chi connectivity index (χ2v) is 7.52. The predicted molar refractivity (Wildman–Crippen MR) is 103 cm³/mol. The maximum absolute atomic E-state index is 12.5. The quantitative estimate of drug-likeness (QED) is 0.571. The summed E-state index contributed by atoms with van der Waals surface area (Å²) in [4.78, 5) is 38.1. The van der Waals surface area contributed by atoms with Crippen LogP contribution in [0, 0.1) is 0 Å². The van der Waals surface area contributed by atoms with Gasteiger partial charge in [-0.2, -0.15) is 0 Å². The molecule has 1 heterocycles. The van der Waals surface area contributed by atoms with Crippen LogP contribution in [0.15, 0.2) is 30.3 Å². The van der Waals surface area contributed by atoms with Gasteiger partial charge in [0.05, 0.1) is 0 Å². The number of carbonyl (C=O) groups is 3. The number of nitrogens with one attached hydrogen (secondary N) is 2. The molecule has 2 fully saturated rings. The summed E-state index contributed by atoms with van der Waals surface area (Å²) in [5, 5.41) is 5.81. The normalized spacial score (nSPS) is 21.0. The molecule has 0 radical (unpaired) electrons. The molecule has 1 saturated carbocycles. The number of amides is 4. The van der Waals surface area contributed by atoms with Gasteiger partial charge < -0.3 is 10.6 Å². The topological polar surface area (TPSA) is 78.5 Å². The summed E-state index contributed by atoms with van der Waals surface area (Å²) in [5.41, 5.74) is 1.09. The van der Waals surface area contributed by atoms with E-state index < -0.39 is 6.04 Å². The van der Waals surface area contributed by atoms with Gasteiger partial charge in [0.15, 0.2) is 0 Å². The van der Waals surface area contributed by atoms with Crippen molar-refractivity contribution in [2.75, 3.05) is 6.54 Å². The highest BCUT2D eigenvalue weighted by Crippen LogP contribution is 2.18. The molecule has 1 atom stereocenters. The Morgan fingerprint density at radius 2 is 1.78 bits per heavy atom. The van der Waals surface area contributed by atoms with Crippen molar-refractivity contribution in [3.8, 4) is 0 Å². The van der Waals surface area contributed by atoms with E-state index in [0.29, 0.717) is 19.4 Å². The van der Waals surface area contributed by atoms with E-state index in [1.54, 1.807) is 0 Å². The van der Waals surface area contributed by atoms with E-state index in [4.69, 9.17) is 0 Å². The van der Waals surface area contributed by atoms with Crippen LogP contribution < -0.4 is 10.6 Å². The Morgan fingerprint density at radius 1 is 1.07 bits per heavy atom. The lowest BCUT2D eigenvalue weighted by molar-refractivity contribution is -0.127. The minimum atomic E-state index is -0.590. The second-order valence-electron chi connectivity index (χ2n) is 7.52. The first-order chi connectivity index (χ1) is 13.1. The number of urea groups is 1. The van der Waals surface area contributed by atoms with Gasteiger partial charge in [-0.3, -0.25) is 14.5 Å². The van der Waals surface area contributed by atoms with Gasteiger partial charge in [-0.25, -0.2) is 4.79 Å². The van der Waals surface area contributed by atoms with E-state index in [2.05, 4.69) is 10.6 Å². The van der Waals surface area contributed by atoms with Crippen molar-refractivity contribution in [1.29, 1.82) is 0 Å². The van der Waals surface area contributed by atoms with Crippen molar-refractivity contribution in [3.63, 3.8) is 0 Å². The molecule has 1 aromatic rings. The fourth-order valence-electron chi connectivity index (χ4n) is 3.87. The zero-order chi connectivity index (χ0) is 19.1. The number of hydrogen-bond acceptors (Lipinski definition) is 3. The predicted octanol–water partition coefficient (Wildman–Crippen LogP) is 2.77. The lowest BCUT2D eigenvalue weighted by Crippen LogP contribution is -2.36. The Balaban J connectivity index is 1.43. The van der Waals surface area contributed by atoms with Gasteiger partial charge in [0.2, 0.25) is 5.91 Å². The Morgan fingerprint density at radius 3 is 2.48 bits per heavy atom. The van der Waals surface area contributed by atoms with Crippen molar-refractivity contribution in [3.05, 3.63) is 35.9 Å². The maximum Gasteiger partial charge on any atom is 0.324 e. The zero-order valence-corrected chi connectivity index (χ0v) is 15.8. The summed E-state index contributed by atoms with van der Waals surface area (Å²) < 4.78 is 0. The summed E-state index contributed by atoms with van der Waals surface area (Å²) in [6.07, 6.45) is 8.15. The van der Waals surface area contributed by atoms with Crippen LogP contribution >= 0.6 is 0 Å². The van der Waals surface area contributed by atoms with Gasteiger partial charge in [-0.1, -0.05) is 56.0 Å². The molecule has 1 aliphatic carbocycles. The molecule has 1 aliphatic heterocycles. The molecule has 4 amide bonds. The smallest absolute Gasteiger partial charge is 0.324 e.